The molecule has 6 heteroatoms. The zero-order valence-corrected chi connectivity index (χ0v) is 12.4. The maximum Gasteiger partial charge on any atom is 0.262 e. The maximum atomic E-state index is 12.2. The number of phenolic OH excluding ortho intramolecular Hbond substituents is 1. The van der Waals surface area contributed by atoms with Crippen molar-refractivity contribution in [1.82, 2.24) is 0 Å². The predicted molar refractivity (Wildman–Crippen MR) is 79.7 cm³/mol. The minimum absolute atomic E-state index is 0.0528. The first kappa shape index (κ1) is 14.7. The number of benzene rings is 2. The summed E-state index contributed by atoms with van der Waals surface area (Å²) in [5.41, 5.74) is 1.10. The first-order valence-corrected chi connectivity index (χ1v) is 7.89. The van der Waals surface area contributed by atoms with Crippen molar-refractivity contribution in [2.24, 2.45) is 0 Å². The zero-order valence-electron chi connectivity index (χ0n) is 10.8. The Balaban J connectivity index is 2.32. The molecule has 0 aliphatic heterocycles. The Morgan fingerprint density at radius 2 is 1.80 bits per heavy atom. The lowest BCUT2D eigenvalue weighted by Crippen LogP contribution is -2.13. The average Bonchev–Trinajstić information content (AvgIpc) is 2.43. The summed E-state index contributed by atoms with van der Waals surface area (Å²) in [6.45, 7) is 1.99. The van der Waals surface area contributed by atoms with Gasteiger partial charge in [-0.05, 0) is 42.3 Å². The molecule has 0 aliphatic rings. The molecule has 0 amide bonds. The van der Waals surface area contributed by atoms with Gasteiger partial charge in [-0.25, -0.2) is 8.42 Å². The molecule has 20 heavy (non-hydrogen) atoms. The second kappa shape index (κ2) is 5.73. The first-order chi connectivity index (χ1) is 9.42. The molecule has 0 unspecified atom stereocenters. The molecule has 0 spiro atoms. The van der Waals surface area contributed by atoms with Gasteiger partial charge in [-0.3, -0.25) is 4.72 Å². The van der Waals surface area contributed by atoms with Crippen LogP contribution in [-0.4, -0.2) is 13.5 Å². The van der Waals surface area contributed by atoms with Crippen LogP contribution in [0.4, 0.5) is 5.69 Å². The van der Waals surface area contributed by atoms with Crippen molar-refractivity contribution in [1.29, 1.82) is 0 Å². The molecule has 0 aliphatic carbocycles. The van der Waals surface area contributed by atoms with E-state index >= 15 is 0 Å². The normalized spacial score (nSPS) is 11.3. The number of nitrogens with one attached hydrogen (secondary N) is 1. The number of aromatic hydroxyl groups is 1. The highest BCUT2D eigenvalue weighted by Gasteiger charge is 2.16. The van der Waals surface area contributed by atoms with Gasteiger partial charge in [0.1, 0.15) is 5.75 Å². The van der Waals surface area contributed by atoms with E-state index in [2.05, 4.69) is 4.72 Å². The molecule has 0 saturated carbocycles. The van der Waals surface area contributed by atoms with Gasteiger partial charge in [0.15, 0.2) is 0 Å². The summed E-state index contributed by atoms with van der Waals surface area (Å²) in [4.78, 5) is 0.133. The van der Waals surface area contributed by atoms with Gasteiger partial charge in [-0.1, -0.05) is 30.7 Å². The predicted octanol–water partition coefficient (Wildman–Crippen LogP) is 3.41. The summed E-state index contributed by atoms with van der Waals surface area (Å²) in [5, 5.41) is 9.98. The molecule has 4 nitrogen and oxygen atoms in total. The molecular weight excluding hydrogens is 298 g/mol. The van der Waals surface area contributed by atoms with Crippen LogP contribution in [-0.2, 0) is 16.4 Å². The number of phenols is 1. The quantitative estimate of drug-likeness (QED) is 0.850. The standard InChI is InChI=1S/C14H14ClNO3S/c1-2-10-3-6-12(7-4-10)20(18,19)16-13-9-11(15)5-8-14(13)17/h3-9,16-17H,2H2,1H3. The molecule has 0 bridgehead atoms. The fraction of sp³-hybridized carbons (Fsp3) is 0.143. The van der Waals surface area contributed by atoms with Gasteiger partial charge in [0.2, 0.25) is 0 Å². The molecule has 0 fully saturated rings. The molecule has 2 rings (SSSR count). The largest absolute Gasteiger partial charge is 0.506 e. The van der Waals surface area contributed by atoms with E-state index in [4.69, 9.17) is 11.6 Å². The van der Waals surface area contributed by atoms with Gasteiger partial charge in [-0.15, -0.1) is 0 Å². The van der Waals surface area contributed by atoms with Crippen LogP contribution < -0.4 is 4.72 Å². The number of aryl methyl sites for hydroxylation is 1. The van der Waals surface area contributed by atoms with Gasteiger partial charge >= 0.3 is 0 Å². The number of hydrogen-bond donors (Lipinski definition) is 2. The molecule has 0 heterocycles. The minimum Gasteiger partial charge on any atom is -0.506 e. The zero-order chi connectivity index (χ0) is 14.8. The summed E-state index contributed by atoms with van der Waals surface area (Å²) in [5.74, 6) is -0.178. The number of anilines is 1. The third-order valence-corrected chi connectivity index (χ3v) is 4.46. The van der Waals surface area contributed by atoms with Gasteiger partial charge < -0.3 is 5.11 Å². The van der Waals surface area contributed by atoms with Gasteiger partial charge in [0, 0.05) is 5.02 Å². The summed E-state index contributed by atoms with van der Waals surface area (Å²) < 4.78 is 26.7. The molecular formula is C14H14ClNO3S. The van der Waals surface area contributed by atoms with Crippen LogP contribution in [0.2, 0.25) is 5.02 Å². The van der Waals surface area contributed by atoms with Crippen molar-refractivity contribution in [3.05, 3.63) is 53.1 Å². The van der Waals surface area contributed by atoms with Crippen molar-refractivity contribution in [3.8, 4) is 5.75 Å². The molecule has 0 aromatic heterocycles. The smallest absolute Gasteiger partial charge is 0.262 e. The van der Waals surface area contributed by atoms with Gasteiger partial charge in [0.25, 0.3) is 10.0 Å². The van der Waals surface area contributed by atoms with E-state index in [1.165, 1.54) is 30.3 Å². The second-order valence-corrected chi connectivity index (χ2v) is 6.38. The molecule has 2 aromatic rings. The molecule has 106 valence electrons. The number of sulfonamides is 1. The average molecular weight is 312 g/mol. The summed E-state index contributed by atoms with van der Waals surface area (Å²) >= 11 is 5.79. The number of halogens is 1. The van der Waals surface area contributed by atoms with Crippen molar-refractivity contribution in [3.63, 3.8) is 0 Å². The summed E-state index contributed by atoms with van der Waals surface area (Å²) in [7, 11) is -3.75. The van der Waals surface area contributed by atoms with Crippen molar-refractivity contribution in [2.45, 2.75) is 18.2 Å². The fourth-order valence-electron chi connectivity index (χ4n) is 1.70. The van der Waals surface area contributed by atoms with E-state index in [-0.39, 0.29) is 16.3 Å². The third-order valence-electron chi connectivity index (χ3n) is 2.84. The maximum absolute atomic E-state index is 12.2. The second-order valence-electron chi connectivity index (χ2n) is 4.26. The summed E-state index contributed by atoms with van der Waals surface area (Å²) in [6, 6.07) is 10.7. The van der Waals surface area contributed by atoms with Crippen LogP contribution in [0.5, 0.6) is 5.75 Å². The lowest BCUT2D eigenvalue weighted by molar-refractivity contribution is 0.477. The van der Waals surface area contributed by atoms with Crippen LogP contribution in [0.1, 0.15) is 12.5 Å². The Labute approximate surface area is 123 Å². The van der Waals surface area contributed by atoms with Crippen molar-refractivity contribution in [2.75, 3.05) is 4.72 Å². The van der Waals surface area contributed by atoms with Crippen molar-refractivity contribution >= 4 is 27.3 Å². The van der Waals surface area contributed by atoms with E-state index in [0.29, 0.717) is 5.02 Å². The SMILES string of the molecule is CCc1ccc(S(=O)(=O)Nc2cc(Cl)ccc2O)cc1. The highest BCUT2D eigenvalue weighted by Crippen LogP contribution is 2.28. The van der Waals surface area contributed by atoms with Crippen LogP contribution in [0, 0.1) is 0 Å². The van der Waals surface area contributed by atoms with E-state index < -0.39 is 10.0 Å². The Hall–Kier alpha value is -1.72. The Morgan fingerprint density at radius 3 is 2.40 bits per heavy atom. The van der Waals surface area contributed by atoms with E-state index in [9.17, 15) is 13.5 Å². The molecule has 0 saturated heterocycles. The minimum atomic E-state index is -3.75. The lowest BCUT2D eigenvalue weighted by atomic mass is 10.2. The molecule has 2 aromatic carbocycles. The monoisotopic (exact) mass is 311 g/mol. The van der Waals surface area contributed by atoms with E-state index in [1.54, 1.807) is 12.1 Å². The molecule has 2 N–H and O–H groups in total. The number of rotatable bonds is 4. The topological polar surface area (TPSA) is 66.4 Å². The Kier molecular flexibility index (Phi) is 4.20. The van der Waals surface area contributed by atoms with Gasteiger partial charge in [0.05, 0.1) is 10.6 Å². The third kappa shape index (κ3) is 3.23. The fourth-order valence-corrected chi connectivity index (χ4v) is 2.94. The number of hydrogen-bond acceptors (Lipinski definition) is 3. The van der Waals surface area contributed by atoms with Crippen LogP contribution in [0.25, 0.3) is 0 Å². The summed E-state index contributed by atoms with van der Waals surface area (Å²) in [6.07, 6.45) is 0.836. The highest BCUT2D eigenvalue weighted by molar-refractivity contribution is 7.92. The lowest BCUT2D eigenvalue weighted by Gasteiger charge is -2.10. The van der Waals surface area contributed by atoms with Crippen LogP contribution >= 0.6 is 11.6 Å². The molecule has 0 radical (unpaired) electrons. The van der Waals surface area contributed by atoms with Crippen LogP contribution in [0.15, 0.2) is 47.4 Å². The van der Waals surface area contributed by atoms with Crippen LogP contribution in [0.3, 0.4) is 0 Å². The Bertz CT molecular complexity index is 712. The van der Waals surface area contributed by atoms with Gasteiger partial charge in [-0.2, -0.15) is 0 Å². The van der Waals surface area contributed by atoms with E-state index in [1.807, 2.05) is 6.92 Å². The Morgan fingerprint density at radius 1 is 1.15 bits per heavy atom. The first-order valence-electron chi connectivity index (χ1n) is 6.02. The van der Waals surface area contributed by atoms with E-state index in [0.717, 1.165) is 12.0 Å². The van der Waals surface area contributed by atoms with Crippen molar-refractivity contribution < 1.29 is 13.5 Å². The highest BCUT2D eigenvalue weighted by atomic mass is 35.5. The molecule has 0 atom stereocenters.